The zero-order chi connectivity index (χ0) is 12.3. The van der Waals surface area contributed by atoms with Crippen LogP contribution in [0.4, 0.5) is 0 Å². The van der Waals surface area contributed by atoms with Crippen LogP contribution in [0.2, 0.25) is 0 Å². The summed E-state index contributed by atoms with van der Waals surface area (Å²) in [6.45, 7) is 1.39. The van der Waals surface area contributed by atoms with E-state index in [0.717, 1.165) is 12.8 Å². The minimum Gasteiger partial charge on any atom is -0.381 e. The predicted octanol–water partition coefficient (Wildman–Crippen LogP) is 0.268. The number of thiazole rings is 1. The summed E-state index contributed by atoms with van der Waals surface area (Å²) in [6, 6.07) is -0.499. The van der Waals surface area contributed by atoms with E-state index in [0.29, 0.717) is 18.0 Å². The van der Waals surface area contributed by atoms with Crippen molar-refractivity contribution >= 4 is 17.2 Å². The minimum absolute atomic E-state index is 0.199. The summed E-state index contributed by atoms with van der Waals surface area (Å²) in [5, 5.41) is 1.89. The Hall–Kier alpha value is -0.980. The third-order valence-electron chi connectivity index (χ3n) is 3.02. The molecule has 0 aromatic carbocycles. The van der Waals surface area contributed by atoms with Gasteiger partial charge in [0.15, 0.2) is 4.80 Å². The molecule has 1 aromatic rings. The van der Waals surface area contributed by atoms with Crippen LogP contribution in [0.3, 0.4) is 0 Å². The lowest BCUT2D eigenvalue weighted by Crippen LogP contribution is -2.40. The summed E-state index contributed by atoms with van der Waals surface area (Å²) >= 11 is 1.44. The summed E-state index contributed by atoms with van der Waals surface area (Å²) < 4.78 is 7.07. The maximum Gasteiger partial charge on any atom is 0.265 e. The lowest BCUT2D eigenvalue weighted by Gasteiger charge is -2.25. The monoisotopic (exact) mass is 255 g/mol. The van der Waals surface area contributed by atoms with Gasteiger partial charge in [0.05, 0.1) is 6.04 Å². The van der Waals surface area contributed by atoms with E-state index in [1.807, 2.05) is 23.2 Å². The molecule has 1 saturated heterocycles. The highest BCUT2D eigenvalue weighted by atomic mass is 32.1. The van der Waals surface area contributed by atoms with Crippen LogP contribution in [0, 0.1) is 5.92 Å². The Labute approximate surface area is 104 Å². The molecule has 1 atom stereocenters. The summed E-state index contributed by atoms with van der Waals surface area (Å²) in [7, 11) is 1.86. The van der Waals surface area contributed by atoms with Gasteiger partial charge < -0.3 is 15.0 Å². The van der Waals surface area contributed by atoms with Gasteiger partial charge in [0.25, 0.3) is 5.91 Å². The van der Waals surface area contributed by atoms with Gasteiger partial charge in [-0.15, -0.1) is 11.3 Å². The Bertz CT molecular complexity index is 446. The van der Waals surface area contributed by atoms with Crippen LogP contribution in [0.1, 0.15) is 12.8 Å². The number of aryl methyl sites for hydroxylation is 1. The highest BCUT2D eigenvalue weighted by Crippen LogP contribution is 2.18. The molecule has 1 aliphatic heterocycles. The second kappa shape index (κ2) is 5.57. The molecule has 0 aliphatic carbocycles. The number of hydrogen-bond acceptors (Lipinski definition) is 4. The number of amides is 1. The second-order valence-electron chi connectivity index (χ2n) is 4.22. The van der Waals surface area contributed by atoms with E-state index in [-0.39, 0.29) is 11.8 Å². The lowest BCUT2D eigenvalue weighted by atomic mass is 9.92. The summed E-state index contributed by atoms with van der Waals surface area (Å²) in [4.78, 5) is 16.7. The van der Waals surface area contributed by atoms with Gasteiger partial charge in [0.1, 0.15) is 0 Å². The molecule has 0 radical (unpaired) electrons. The summed E-state index contributed by atoms with van der Waals surface area (Å²) in [5.74, 6) is -0.0276. The first kappa shape index (κ1) is 12.5. The van der Waals surface area contributed by atoms with Crippen LogP contribution in [-0.4, -0.2) is 29.7 Å². The largest absolute Gasteiger partial charge is 0.381 e. The van der Waals surface area contributed by atoms with Crippen molar-refractivity contribution in [2.75, 3.05) is 13.2 Å². The van der Waals surface area contributed by atoms with Gasteiger partial charge in [-0.2, -0.15) is 4.99 Å². The van der Waals surface area contributed by atoms with Gasteiger partial charge in [-0.05, 0) is 18.8 Å². The van der Waals surface area contributed by atoms with E-state index in [1.165, 1.54) is 11.3 Å². The highest BCUT2D eigenvalue weighted by Gasteiger charge is 2.26. The third kappa shape index (κ3) is 3.02. The standard InChI is InChI=1S/C11H17N3O2S/c1-14-4-7-17-11(14)13-10(15)9(12)8-2-5-16-6-3-8/h4,7-9H,2-3,5-6,12H2,1H3. The molecule has 1 fully saturated rings. The van der Waals surface area contributed by atoms with Crippen LogP contribution in [-0.2, 0) is 16.6 Å². The van der Waals surface area contributed by atoms with Crippen LogP contribution < -0.4 is 10.5 Å². The molecule has 1 aromatic heterocycles. The van der Waals surface area contributed by atoms with Crippen molar-refractivity contribution in [2.24, 2.45) is 23.7 Å². The maximum atomic E-state index is 11.9. The number of carbonyl (C=O) groups is 1. The van der Waals surface area contributed by atoms with E-state index in [9.17, 15) is 4.79 Å². The number of nitrogens with two attached hydrogens (primary N) is 1. The Morgan fingerprint density at radius 3 is 2.94 bits per heavy atom. The zero-order valence-electron chi connectivity index (χ0n) is 9.83. The summed E-state index contributed by atoms with van der Waals surface area (Å²) in [5.41, 5.74) is 5.96. The lowest BCUT2D eigenvalue weighted by molar-refractivity contribution is -0.121. The molecule has 0 bridgehead atoms. The third-order valence-corrected chi connectivity index (χ3v) is 3.87. The fourth-order valence-corrected chi connectivity index (χ4v) is 2.62. The number of ether oxygens (including phenoxy) is 1. The smallest absolute Gasteiger partial charge is 0.265 e. The SMILES string of the molecule is Cn1ccsc1=NC(=O)C(N)C1CCOCC1. The average Bonchev–Trinajstić information content (AvgIpc) is 2.75. The molecule has 6 heteroatoms. The zero-order valence-corrected chi connectivity index (χ0v) is 10.7. The number of rotatable bonds is 2. The van der Waals surface area contributed by atoms with E-state index < -0.39 is 6.04 Å². The van der Waals surface area contributed by atoms with E-state index in [1.54, 1.807) is 0 Å². The molecule has 1 unspecified atom stereocenters. The normalized spacial score (nSPS) is 20.5. The van der Waals surface area contributed by atoms with Gasteiger partial charge in [0, 0.05) is 31.8 Å². The molecule has 2 N–H and O–H groups in total. The molecule has 2 heterocycles. The van der Waals surface area contributed by atoms with Crippen LogP contribution in [0.5, 0.6) is 0 Å². The van der Waals surface area contributed by atoms with Gasteiger partial charge in [-0.3, -0.25) is 4.79 Å². The average molecular weight is 255 g/mol. The van der Waals surface area contributed by atoms with E-state index in [4.69, 9.17) is 10.5 Å². The molecule has 17 heavy (non-hydrogen) atoms. The first-order valence-electron chi connectivity index (χ1n) is 5.70. The molecular formula is C11H17N3O2S. The predicted molar refractivity (Wildman–Crippen MR) is 65.4 cm³/mol. The Kier molecular flexibility index (Phi) is 4.09. The van der Waals surface area contributed by atoms with Crippen molar-refractivity contribution in [1.29, 1.82) is 0 Å². The van der Waals surface area contributed by atoms with Gasteiger partial charge >= 0.3 is 0 Å². The maximum absolute atomic E-state index is 11.9. The van der Waals surface area contributed by atoms with Crippen molar-refractivity contribution in [1.82, 2.24) is 4.57 Å². The Balaban J connectivity index is 2.07. The van der Waals surface area contributed by atoms with Gasteiger partial charge in [-0.25, -0.2) is 0 Å². The van der Waals surface area contributed by atoms with Crippen molar-refractivity contribution in [3.8, 4) is 0 Å². The molecule has 5 nitrogen and oxygen atoms in total. The molecule has 1 aliphatic rings. The topological polar surface area (TPSA) is 69.6 Å². The first-order chi connectivity index (χ1) is 8.18. The molecule has 2 rings (SSSR count). The van der Waals surface area contributed by atoms with Crippen LogP contribution >= 0.6 is 11.3 Å². The Morgan fingerprint density at radius 1 is 1.65 bits per heavy atom. The number of hydrogen-bond donors (Lipinski definition) is 1. The van der Waals surface area contributed by atoms with Gasteiger partial charge in [0.2, 0.25) is 0 Å². The Morgan fingerprint density at radius 2 is 2.35 bits per heavy atom. The first-order valence-corrected chi connectivity index (χ1v) is 6.58. The second-order valence-corrected chi connectivity index (χ2v) is 5.10. The number of aromatic nitrogens is 1. The molecule has 94 valence electrons. The van der Waals surface area contributed by atoms with Gasteiger partial charge in [-0.1, -0.05) is 0 Å². The number of carbonyl (C=O) groups excluding carboxylic acids is 1. The van der Waals surface area contributed by atoms with Crippen molar-refractivity contribution in [3.63, 3.8) is 0 Å². The van der Waals surface area contributed by atoms with Crippen LogP contribution in [0.25, 0.3) is 0 Å². The number of nitrogens with zero attached hydrogens (tertiary/aromatic N) is 2. The molecule has 0 spiro atoms. The van der Waals surface area contributed by atoms with Crippen molar-refractivity contribution in [2.45, 2.75) is 18.9 Å². The fourth-order valence-electron chi connectivity index (χ4n) is 1.88. The van der Waals surface area contributed by atoms with Crippen molar-refractivity contribution in [3.05, 3.63) is 16.4 Å². The van der Waals surface area contributed by atoms with E-state index >= 15 is 0 Å². The molecular weight excluding hydrogens is 238 g/mol. The molecule has 1 amide bonds. The minimum atomic E-state index is -0.499. The van der Waals surface area contributed by atoms with Crippen LogP contribution in [0.15, 0.2) is 16.6 Å². The highest BCUT2D eigenvalue weighted by molar-refractivity contribution is 7.07. The van der Waals surface area contributed by atoms with E-state index in [2.05, 4.69) is 4.99 Å². The molecule has 0 saturated carbocycles. The van der Waals surface area contributed by atoms with Crippen molar-refractivity contribution < 1.29 is 9.53 Å². The quantitative estimate of drug-likeness (QED) is 0.824. The fraction of sp³-hybridized carbons (Fsp3) is 0.636. The summed E-state index contributed by atoms with van der Waals surface area (Å²) in [6.07, 6.45) is 3.56.